The normalized spacial score (nSPS) is 13.7. The first kappa shape index (κ1) is 21.5. The number of hydrogen-bond acceptors (Lipinski definition) is 5. The summed E-state index contributed by atoms with van der Waals surface area (Å²) in [5.41, 5.74) is 1.94. The fourth-order valence-electron chi connectivity index (χ4n) is 3.07. The number of ether oxygens (including phenoxy) is 3. The maximum absolute atomic E-state index is 12.8. The Labute approximate surface area is 176 Å². The maximum Gasteiger partial charge on any atom is 0.262 e. The Morgan fingerprint density at radius 2 is 1.97 bits per heavy atom. The molecular weight excluding hydrogens is 384 g/mol. The molecule has 1 heterocycles. The second kappa shape index (κ2) is 9.52. The van der Waals surface area contributed by atoms with E-state index in [4.69, 9.17) is 14.2 Å². The average Bonchev–Trinajstić information content (AvgIpc) is 2.72. The molecule has 0 radical (unpaired) electrons. The lowest BCUT2D eigenvalue weighted by Crippen LogP contribution is -2.28. The minimum absolute atomic E-state index is 0.0116. The van der Waals surface area contributed by atoms with Crippen LogP contribution in [0.4, 0.5) is 5.69 Å². The highest BCUT2D eigenvalue weighted by atomic mass is 16.5. The summed E-state index contributed by atoms with van der Waals surface area (Å²) >= 11 is 0. The molecule has 0 aromatic heterocycles. The predicted molar refractivity (Wildman–Crippen MR) is 114 cm³/mol. The second-order valence-electron chi connectivity index (χ2n) is 7.68. The van der Waals surface area contributed by atoms with Crippen molar-refractivity contribution >= 4 is 17.5 Å². The van der Waals surface area contributed by atoms with Crippen molar-refractivity contribution in [1.82, 2.24) is 5.32 Å². The van der Waals surface area contributed by atoms with Gasteiger partial charge in [0.1, 0.15) is 5.75 Å². The van der Waals surface area contributed by atoms with Crippen LogP contribution in [-0.2, 0) is 4.79 Å². The summed E-state index contributed by atoms with van der Waals surface area (Å²) in [4.78, 5) is 24.3. The number of carbonyl (C=O) groups excluding carboxylic acids is 2. The third-order valence-electron chi connectivity index (χ3n) is 4.86. The number of fused-ring (bicyclic) bond motifs is 1. The summed E-state index contributed by atoms with van der Waals surface area (Å²) in [5, 5.41) is 5.75. The smallest absolute Gasteiger partial charge is 0.262 e. The topological polar surface area (TPSA) is 85.9 Å². The summed E-state index contributed by atoms with van der Waals surface area (Å²) < 4.78 is 16.6. The van der Waals surface area contributed by atoms with E-state index in [1.807, 2.05) is 19.1 Å². The second-order valence-corrected chi connectivity index (χ2v) is 7.68. The number of rotatable bonds is 8. The molecule has 2 N–H and O–H groups in total. The van der Waals surface area contributed by atoms with Crippen molar-refractivity contribution in [1.29, 1.82) is 0 Å². The predicted octanol–water partition coefficient (Wildman–Crippen LogP) is 3.94. The number of hydrogen-bond donors (Lipinski definition) is 2. The van der Waals surface area contributed by atoms with Gasteiger partial charge in [-0.15, -0.1) is 0 Å². The molecule has 1 aliphatic heterocycles. The molecule has 0 bridgehead atoms. The fourth-order valence-corrected chi connectivity index (χ4v) is 3.07. The Hall–Kier alpha value is -3.22. The highest BCUT2D eigenvalue weighted by Gasteiger charge is 2.19. The standard InChI is InChI=1S/C23H28N2O5/c1-14(2)9-10-29-20-8-6-17(12-21(20)28-4)23(27)24-15(3)16-5-7-19-18(11-16)25-22(26)13-30-19/h5-8,11-12,14-15H,9-10,13H2,1-4H3,(H,24,27)(H,25,26). The summed E-state index contributed by atoms with van der Waals surface area (Å²) in [5.74, 6) is 1.88. The van der Waals surface area contributed by atoms with Crippen LogP contribution in [0.2, 0.25) is 0 Å². The lowest BCUT2D eigenvalue weighted by molar-refractivity contribution is -0.118. The molecule has 3 rings (SSSR count). The van der Waals surface area contributed by atoms with Crippen LogP contribution in [-0.4, -0.2) is 32.1 Å². The van der Waals surface area contributed by atoms with Gasteiger partial charge < -0.3 is 24.8 Å². The maximum atomic E-state index is 12.8. The van der Waals surface area contributed by atoms with Gasteiger partial charge in [0, 0.05) is 5.56 Å². The van der Waals surface area contributed by atoms with Crippen LogP contribution in [0.25, 0.3) is 0 Å². The molecule has 0 saturated heterocycles. The van der Waals surface area contributed by atoms with Crippen molar-refractivity contribution in [2.24, 2.45) is 5.92 Å². The monoisotopic (exact) mass is 412 g/mol. The lowest BCUT2D eigenvalue weighted by Gasteiger charge is -2.21. The van der Waals surface area contributed by atoms with Crippen LogP contribution in [0.3, 0.4) is 0 Å². The number of benzene rings is 2. The first-order valence-electron chi connectivity index (χ1n) is 10.1. The van der Waals surface area contributed by atoms with Gasteiger partial charge in [-0.3, -0.25) is 9.59 Å². The van der Waals surface area contributed by atoms with Crippen LogP contribution in [0.15, 0.2) is 36.4 Å². The van der Waals surface area contributed by atoms with Gasteiger partial charge in [0.2, 0.25) is 0 Å². The zero-order valence-corrected chi connectivity index (χ0v) is 17.8. The Morgan fingerprint density at radius 3 is 2.70 bits per heavy atom. The highest BCUT2D eigenvalue weighted by molar-refractivity contribution is 5.96. The molecule has 0 saturated carbocycles. The number of methoxy groups -OCH3 is 1. The molecule has 2 aromatic carbocycles. The summed E-state index contributed by atoms with van der Waals surface area (Å²) in [6.07, 6.45) is 0.940. The van der Waals surface area contributed by atoms with E-state index >= 15 is 0 Å². The summed E-state index contributed by atoms with van der Waals surface area (Å²) in [6, 6.07) is 10.3. The number of nitrogens with one attached hydrogen (secondary N) is 2. The van der Waals surface area contributed by atoms with E-state index in [-0.39, 0.29) is 24.5 Å². The van der Waals surface area contributed by atoms with E-state index < -0.39 is 0 Å². The highest BCUT2D eigenvalue weighted by Crippen LogP contribution is 2.31. The van der Waals surface area contributed by atoms with Gasteiger partial charge in [0.05, 0.1) is 25.4 Å². The number of amides is 2. The van der Waals surface area contributed by atoms with E-state index in [1.54, 1.807) is 31.4 Å². The Bertz CT molecular complexity index is 926. The fraction of sp³-hybridized carbons (Fsp3) is 0.391. The zero-order valence-electron chi connectivity index (χ0n) is 17.8. The van der Waals surface area contributed by atoms with E-state index in [2.05, 4.69) is 24.5 Å². The van der Waals surface area contributed by atoms with Crippen molar-refractivity contribution in [2.75, 3.05) is 25.6 Å². The minimum Gasteiger partial charge on any atom is -0.493 e. The van der Waals surface area contributed by atoms with Gasteiger partial charge >= 0.3 is 0 Å². The molecule has 2 aromatic rings. The minimum atomic E-state index is -0.269. The SMILES string of the molecule is COc1cc(C(=O)NC(C)c2ccc3c(c2)NC(=O)CO3)ccc1OCCC(C)C. The Kier molecular flexibility index (Phi) is 6.82. The molecule has 1 unspecified atom stereocenters. The molecule has 30 heavy (non-hydrogen) atoms. The van der Waals surface area contributed by atoms with Crippen LogP contribution in [0, 0.1) is 5.92 Å². The van der Waals surface area contributed by atoms with Gasteiger partial charge in [0.15, 0.2) is 18.1 Å². The van der Waals surface area contributed by atoms with Crippen molar-refractivity contribution in [3.05, 3.63) is 47.5 Å². The Balaban J connectivity index is 1.68. The van der Waals surface area contributed by atoms with Crippen molar-refractivity contribution in [3.8, 4) is 17.2 Å². The van der Waals surface area contributed by atoms with Gasteiger partial charge in [-0.25, -0.2) is 0 Å². The lowest BCUT2D eigenvalue weighted by atomic mass is 10.1. The van der Waals surface area contributed by atoms with E-state index in [0.29, 0.717) is 41.0 Å². The largest absolute Gasteiger partial charge is 0.493 e. The van der Waals surface area contributed by atoms with E-state index in [0.717, 1.165) is 12.0 Å². The molecule has 2 amide bonds. The summed E-state index contributed by atoms with van der Waals surface area (Å²) in [7, 11) is 1.55. The van der Waals surface area contributed by atoms with Gasteiger partial charge in [0.25, 0.3) is 11.8 Å². The van der Waals surface area contributed by atoms with Crippen molar-refractivity contribution in [2.45, 2.75) is 33.2 Å². The molecular formula is C23H28N2O5. The zero-order chi connectivity index (χ0) is 21.7. The molecule has 160 valence electrons. The van der Waals surface area contributed by atoms with Gasteiger partial charge in [-0.2, -0.15) is 0 Å². The molecule has 0 spiro atoms. The average molecular weight is 412 g/mol. The Morgan fingerprint density at radius 1 is 1.17 bits per heavy atom. The molecule has 7 nitrogen and oxygen atoms in total. The summed E-state index contributed by atoms with van der Waals surface area (Å²) in [6.45, 7) is 6.76. The molecule has 1 atom stereocenters. The van der Waals surface area contributed by atoms with Gasteiger partial charge in [-0.1, -0.05) is 19.9 Å². The first-order chi connectivity index (χ1) is 14.4. The third-order valence-corrected chi connectivity index (χ3v) is 4.86. The van der Waals surface area contributed by atoms with Crippen LogP contribution >= 0.6 is 0 Å². The number of carbonyl (C=O) groups is 2. The molecule has 7 heteroatoms. The number of anilines is 1. The molecule has 0 aliphatic carbocycles. The van der Waals surface area contributed by atoms with Crippen LogP contribution in [0.1, 0.15) is 49.2 Å². The first-order valence-corrected chi connectivity index (χ1v) is 10.1. The van der Waals surface area contributed by atoms with Gasteiger partial charge in [-0.05, 0) is 55.2 Å². The third kappa shape index (κ3) is 5.23. The van der Waals surface area contributed by atoms with E-state index in [1.165, 1.54) is 0 Å². The van der Waals surface area contributed by atoms with Crippen molar-refractivity contribution < 1.29 is 23.8 Å². The van der Waals surface area contributed by atoms with E-state index in [9.17, 15) is 9.59 Å². The van der Waals surface area contributed by atoms with Crippen LogP contribution < -0.4 is 24.8 Å². The molecule has 1 aliphatic rings. The quantitative estimate of drug-likeness (QED) is 0.686. The molecule has 0 fully saturated rings. The van der Waals surface area contributed by atoms with Crippen LogP contribution in [0.5, 0.6) is 17.2 Å². The van der Waals surface area contributed by atoms with Crippen molar-refractivity contribution in [3.63, 3.8) is 0 Å².